The van der Waals surface area contributed by atoms with E-state index in [2.05, 4.69) is 101 Å². The van der Waals surface area contributed by atoms with Crippen LogP contribution in [0.2, 0.25) is 5.04 Å². The average Bonchev–Trinajstić information content (AvgIpc) is 3.16. The smallest absolute Gasteiger partial charge is 0.308 e. The lowest BCUT2D eigenvalue weighted by Gasteiger charge is -2.51. The van der Waals surface area contributed by atoms with Crippen LogP contribution in [0.4, 0.5) is 0 Å². The van der Waals surface area contributed by atoms with Gasteiger partial charge in [0.2, 0.25) is 0 Å². The lowest BCUT2D eigenvalue weighted by molar-refractivity contribution is -0.263. The third-order valence-electron chi connectivity index (χ3n) is 10.8. The first-order valence-corrected chi connectivity index (χ1v) is 21.1. The molecule has 0 N–H and O–H groups in total. The number of hydrogen-bond acceptors (Lipinski definition) is 8. The molecule has 2 heterocycles. The number of carbonyl (C=O) groups is 1. The summed E-state index contributed by atoms with van der Waals surface area (Å²) in [5.41, 5.74) is 0.955. The summed E-state index contributed by atoms with van der Waals surface area (Å²) >= 11 is 0. The molecule has 1 fully saturated rings. The maximum absolute atomic E-state index is 13.4. The van der Waals surface area contributed by atoms with E-state index in [-0.39, 0.29) is 60.3 Å². The number of ether oxygens (including phenoxy) is 6. The second kappa shape index (κ2) is 19.3. The maximum Gasteiger partial charge on any atom is 0.308 e. The van der Waals surface area contributed by atoms with Gasteiger partial charge in [-0.2, -0.15) is 0 Å². The van der Waals surface area contributed by atoms with Gasteiger partial charge in [0.05, 0.1) is 51.2 Å². The van der Waals surface area contributed by atoms with Gasteiger partial charge in [-0.15, -0.1) is 0 Å². The molecule has 0 bridgehead atoms. The van der Waals surface area contributed by atoms with Gasteiger partial charge in [-0.3, -0.25) is 4.79 Å². The van der Waals surface area contributed by atoms with Crippen molar-refractivity contribution in [1.29, 1.82) is 0 Å². The zero-order chi connectivity index (χ0) is 38.7. The first-order valence-electron chi connectivity index (χ1n) is 19.2. The van der Waals surface area contributed by atoms with Crippen LogP contribution in [0, 0.1) is 11.8 Å². The number of carbonyl (C=O) groups excluding carboxylic acids is 1. The van der Waals surface area contributed by atoms with Crippen molar-refractivity contribution in [2.24, 2.45) is 11.8 Å². The van der Waals surface area contributed by atoms with Crippen LogP contribution in [0.1, 0.15) is 59.4 Å². The predicted octanol–water partition coefficient (Wildman–Crippen LogP) is 7.43. The molecule has 2 aliphatic heterocycles. The molecule has 292 valence electrons. The molecule has 8 nitrogen and oxygen atoms in total. The Morgan fingerprint density at radius 3 is 2.07 bits per heavy atom. The van der Waals surface area contributed by atoms with Crippen LogP contribution in [0.15, 0.2) is 109 Å². The molecule has 0 saturated carbocycles. The van der Waals surface area contributed by atoms with E-state index in [0.717, 1.165) is 17.7 Å². The topological polar surface area (TPSA) is 81.7 Å². The zero-order valence-electron chi connectivity index (χ0n) is 33.3. The van der Waals surface area contributed by atoms with Gasteiger partial charge in [-0.1, -0.05) is 125 Å². The molecule has 3 aromatic carbocycles. The van der Waals surface area contributed by atoms with Crippen molar-refractivity contribution in [2.75, 3.05) is 27.9 Å². The quantitative estimate of drug-likeness (QED) is 0.148. The minimum atomic E-state index is -2.90. The Morgan fingerprint density at radius 2 is 1.50 bits per heavy atom. The Morgan fingerprint density at radius 1 is 0.852 bits per heavy atom. The molecule has 0 spiro atoms. The molecule has 0 radical (unpaired) electrons. The highest BCUT2D eigenvalue weighted by Crippen LogP contribution is 2.42. The number of allylic oxidation sites excluding steroid dienone is 2. The van der Waals surface area contributed by atoms with Gasteiger partial charge >= 0.3 is 5.97 Å². The number of esters is 1. The minimum absolute atomic E-state index is 0.0271. The summed E-state index contributed by atoms with van der Waals surface area (Å²) in [5, 5.41) is 2.28. The largest absolute Gasteiger partial charge is 0.497 e. The Balaban J connectivity index is 1.53. The molecule has 0 aliphatic carbocycles. The lowest BCUT2D eigenvalue weighted by Crippen LogP contribution is -2.68. The van der Waals surface area contributed by atoms with Crippen molar-refractivity contribution < 1.29 is 37.6 Å². The minimum Gasteiger partial charge on any atom is -0.497 e. The standard InChI is InChI=1S/C45H60O8Si/c1-32-28-38-41(31-47-6)52-43(38)44(49-8)40(50-30-34-24-26-35(48-7)27-25-34)29-42(46)51-33(2)18-12-9-17-23-39(32)53-54(45(3,4)5,36-19-13-10-14-20-36)37-21-15-11-16-22-37/h9-17,19-27,32-33,38-41,43-44H,18,28-31H2,1-8H3/b12-9+,23-17+/t32-,33-,38-,39+,40-,41?,43+,44?/m1/s1. The molecule has 3 aromatic rings. The van der Waals surface area contributed by atoms with E-state index in [1.807, 2.05) is 43.3 Å². The van der Waals surface area contributed by atoms with Crippen molar-refractivity contribution in [2.45, 2.75) is 102 Å². The van der Waals surface area contributed by atoms with Crippen LogP contribution >= 0.6 is 0 Å². The molecule has 5 rings (SSSR count). The molecule has 54 heavy (non-hydrogen) atoms. The van der Waals surface area contributed by atoms with Gasteiger partial charge in [0.25, 0.3) is 8.32 Å². The Kier molecular flexibility index (Phi) is 14.9. The highest BCUT2D eigenvalue weighted by molar-refractivity contribution is 6.99. The molecule has 8 atom stereocenters. The van der Waals surface area contributed by atoms with Gasteiger partial charge in [0.15, 0.2) is 0 Å². The number of fused-ring (bicyclic) bond motifs is 1. The molecule has 0 amide bonds. The van der Waals surface area contributed by atoms with Crippen molar-refractivity contribution in [3.63, 3.8) is 0 Å². The summed E-state index contributed by atoms with van der Waals surface area (Å²) in [4.78, 5) is 13.4. The van der Waals surface area contributed by atoms with Crippen LogP contribution in [0.3, 0.4) is 0 Å². The first-order chi connectivity index (χ1) is 26.0. The predicted molar refractivity (Wildman–Crippen MR) is 216 cm³/mol. The normalized spacial score (nSPS) is 28.3. The first kappa shape index (κ1) is 41.6. The monoisotopic (exact) mass is 756 g/mol. The van der Waals surface area contributed by atoms with Gasteiger partial charge in [0, 0.05) is 26.6 Å². The molecule has 0 aromatic heterocycles. The second-order valence-electron chi connectivity index (χ2n) is 15.7. The number of cyclic esters (lactones) is 1. The Hall–Kier alpha value is -3.57. The Bertz CT molecular complexity index is 1600. The van der Waals surface area contributed by atoms with Gasteiger partial charge < -0.3 is 32.8 Å². The third-order valence-corrected chi connectivity index (χ3v) is 15.8. The van der Waals surface area contributed by atoms with Crippen LogP contribution in [-0.2, 0) is 39.5 Å². The van der Waals surface area contributed by atoms with E-state index in [9.17, 15) is 4.79 Å². The Labute approximate surface area is 323 Å². The molecule has 2 aliphatic rings. The fourth-order valence-electron chi connectivity index (χ4n) is 7.96. The summed E-state index contributed by atoms with van der Waals surface area (Å²) < 4.78 is 44.0. The van der Waals surface area contributed by atoms with Gasteiger partial charge in [-0.05, 0) is 52.4 Å². The highest BCUT2D eigenvalue weighted by atomic mass is 28.4. The van der Waals surface area contributed by atoms with Crippen molar-refractivity contribution in [3.05, 3.63) is 115 Å². The maximum atomic E-state index is 13.4. The average molecular weight is 757 g/mol. The van der Waals surface area contributed by atoms with Gasteiger partial charge in [-0.25, -0.2) is 0 Å². The summed E-state index contributed by atoms with van der Waals surface area (Å²) in [7, 11) is 2.11. The lowest BCUT2D eigenvalue weighted by atomic mass is 9.77. The highest BCUT2D eigenvalue weighted by Gasteiger charge is 2.53. The van der Waals surface area contributed by atoms with Crippen LogP contribution in [0.25, 0.3) is 0 Å². The fourth-order valence-corrected chi connectivity index (χ4v) is 12.7. The van der Waals surface area contributed by atoms with Crippen LogP contribution < -0.4 is 15.1 Å². The number of hydrogen-bond donors (Lipinski definition) is 0. The molecule has 2 unspecified atom stereocenters. The van der Waals surface area contributed by atoms with Gasteiger partial charge in [0.1, 0.15) is 18.0 Å². The molecular weight excluding hydrogens is 697 g/mol. The third kappa shape index (κ3) is 9.99. The number of rotatable bonds is 11. The number of methoxy groups -OCH3 is 3. The van der Waals surface area contributed by atoms with Crippen molar-refractivity contribution in [1.82, 2.24) is 0 Å². The van der Waals surface area contributed by atoms with E-state index in [1.54, 1.807) is 21.3 Å². The summed E-state index contributed by atoms with van der Waals surface area (Å²) in [6, 6.07) is 29.3. The van der Waals surface area contributed by atoms with E-state index >= 15 is 0 Å². The summed E-state index contributed by atoms with van der Waals surface area (Å²) in [5.74, 6) is 0.562. The molecule has 9 heteroatoms. The number of benzene rings is 3. The zero-order valence-corrected chi connectivity index (χ0v) is 34.3. The fraction of sp³-hybridized carbons (Fsp3) is 0.489. The van der Waals surface area contributed by atoms with E-state index in [1.165, 1.54) is 10.4 Å². The second-order valence-corrected chi connectivity index (χ2v) is 19.9. The molecular formula is C45H60O8Si. The van der Waals surface area contributed by atoms with E-state index in [0.29, 0.717) is 13.0 Å². The van der Waals surface area contributed by atoms with Crippen LogP contribution in [-0.4, -0.2) is 78.8 Å². The van der Waals surface area contributed by atoms with Crippen molar-refractivity contribution in [3.8, 4) is 5.75 Å². The SMILES string of the molecule is COCC1O[C@@H]2C(OC)[C@H](OCc3ccc(OC)cc3)CC(=O)O[C@H](C)C/C=C/C=C/[C@H](O[Si](c3ccccc3)(c3ccccc3)C(C)(C)C)[C@H](C)C[C@H]12. The summed E-state index contributed by atoms with van der Waals surface area (Å²) in [6.45, 7) is 11.8. The van der Waals surface area contributed by atoms with E-state index in [4.69, 9.17) is 32.8 Å². The van der Waals surface area contributed by atoms with Crippen LogP contribution in [0.5, 0.6) is 5.75 Å². The van der Waals surface area contributed by atoms with E-state index < -0.39 is 20.5 Å². The van der Waals surface area contributed by atoms with Crippen molar-refractivity contribution >= 4 is 24.7 Å². The summed E-state index contributed by atoms with van der Waals surface area (Å²) in [6.07, 6.45) is 7.58. The molecule has 1 saturated heterocycles.